The molecule has 0 spiro atoms. The molecule has 2 aromatic rings. The third kappa shape index (κ3) is 4.22. The van der Waals surface area contributed by atoms with Crippen LogP contribution in [0.3, 0.4) is 0 Å². The Labute approximate surface area is 163 Å². The minimum Gasteiger partial charge on any atom is -0.481 e. The maximum atomic E-state index is 11.0. The van der Waals surface area contributed by atoms with Gasteiger partial charge in [0.2, 0.25) is 0 Å². The summed E-state index contributed by atoms with van der Waals surface area (Å²) in [7, 11) is 0. The van der Waals surface area contributed by atoms with Gasteiger partial charge >= 0.3 is 5.97 Å². The third-order valence-corrected chi connectivity index (χ3v) is 5.88. The number of allylic oxidation sites excluding steroid dienone is 1. The standard InChI is InChI=1S/C21H23N3O2S/c25-20(26)17-5-3-15(4-6-17)13-22-21-23-19(14-27-21)16-7-9-18(10-8-16)24-11-1-2-12-24/h3-5,7-10,14,17H,1-2,6,11-13H2,(H,22,23)(H,25,26). The van der Waals surface area contributed by atoms with Crippen LogP contribution in [0.25, 0.3) is 11.3 Å². The van der Waals surface area contributed by atoms with Gasteiger partial charge in [-0.2, -0.15) is 0 Å². The zero-order chi connectivity index (χ0) is 18.6. The van der Waals surface area contributed by atoms with Gasteiger partial charge in [0, 0.05) is 36.3 Å². The maximum Gasteiger partial charge on any atom is 0.310 e. The van der Waals surface area contributed by atoms with Crippen molar-refractivity contribution in [1.29, 1.82) is 0 Å². The summed E-state index contributed by atoms with van der Waals surface area (Å²) in [6.45, 7) is 2.97. The summed E-state index contributed by atoms with van der Waals surface area (Å²) in [5.41, 5.74) is 4.50. The monoisotopic (exact) mass is 381 g/mol. The normalized spacial score (nSPS) is 19.2. The molecule has 6 heteroatoms. The van der Waals surface area contributed by atoms with E-state index in [-0.39, 0.29) is 0 Å². The second-order valence-corrected chi connectivity index (χ2v) is 7.81. The number of carboxylic acid groups (broad SMARTS) is 1. The summed E-state index contributed by atoms with van der Waals surface area (Å²) < 4.78 is 0. The fourth-order valence-electron chi connectivity index (χ4n) is 3.46. The Morgan fingerprint density at radius 3 is 2.70 bits per heavy atom. The fraction of sp³-hybridized carbons (Fsp3) is 0.333. The van der Waals surface area contributed by atoms with Crippen LogP contribution >= 0.6 is 11.3 Å². The molecule has 5 nitrogen and oxygen atoms in total. The molecular formula is C21H23N3O2S. The molecule has 1 aromatic heterocycles. The molecule has 0 radical (unpaired) electrons. The SMILES string of the molecule is O=C(O)C1C=CC(CNc2nc(-c3ccc(N4CCCC4)cc3)cs2)=CC1. The van der Waals surface area contributed by atoms with E-state index in [0.717, 1.165) is 35.1 Å². The van der Waals surface area contributed by atoms with Gasteiger partial charge in [0.1, 0.15) is 0 Å². The molecule has 1 aliphatic carbocycles. The lowest BCUT2D eigenvalue weighted by Gasteiger charge is -2.17. The molecule has 1 fully saturated rings. The number of nitrogens with one attached hydrogen (secondary N) is 1. The van der Waals surface area contributed by atoms with Crippen LogP contribution in [0.15, 0.2) is 53.4 Å². The molecule has 2 N–H and O–H groups in total. The first-order valence-corrected chi connectivity index (χ1v) is 10.2. The lowest BCUT2D eigenvalue weighted by molar-refractivity contribution is -0.139. The minimum absolute atomic E-state index is 0.399. The molecule has 27 heavy (non-hydrogen) atoms. The van der Waals surface area contributed by atoms with Crippen LogP contribution in [-0.2, 0) is 4.79 Å². The van der Waals surface area contributed by atoms with Crippen molar-refractivity contribution in [3.8, 4) is 11.3 Å². The molecule has 0 bridgehead atoms. The van der Waals surface area contributed by atoms with Gasteiger partial charge in [-0.3, -0.25) is 4.79 Å². The summed E-state index contributed by atoms with van der Waals surface area (Å²) in [5.74, 6) is -1.17. The minimum atomic E-state index is -0.769. The van der Waals surface area contributed by atoms with E-state index >= 15 is 0 Å². The highest BCUT2D eigenvalue weighted by atomic mass is 32.1. The van der Waals surface area contributed by atoms with Gasteiger partial charge in [0.05, 0.1) is 11.6 Å². The molecule has 1 atom stereocenters. The van der Waals surface area contributed by atoms with Crippen molar-refractivity contribution in [2.45, 2.75) is 19.3 Å². The summed E-state index contributed by atoms with van der Waals surface area (Å²) in [5, 5.41) is 15.3. The Bertz CT molecular complexity index is 864. The second kappa shape index (κ2) is 7.96. The van der Waals surface area contributed by atoms with Crippen LogP contribution in [0.4, 0.5) is 10.8 Å². The van der Waals surface area contributed by atoms with Crippen LogP contribution in [0.1, 0.15) is 19.3 Å². The number of nitrogens with zero attached hydrogens (tertiary/aromatic N) is 2. The molecule has 0 saturated carbocycles. The first-order valence-electron chi connectivity index (χ1n) is 9.34. The van der Waals surface area contributed by atoms with Gasteiger partial charge in [-0.25, -0.2) is 4.98 Å². The van der Waals surface area contributed by atoms with Crippen molar-refractivity contribution in [3.63, 3.8) is 0 Å². The maximum absolute atomic E-state index is 11.0. The number of carbonyl (C=O) groups is 1. The summed E-state index contributed by atoms with van der Waals surface area (Å²) in [6.07, 6.45) is 8.75. The topological polar surface area (TPSA) is 65.5 Å². The highest BCUT2D eigenvalue weighted by Gasteiger charge is 2.16. The molecule has 4 rings (SSSR count). The molecule has 1 unspecified atom stereocenters. The van der Waals surface area contributed by atoms with Crippen molar-refractivity contribution in [2.24, 2.45) is 5.92 Å². The van der Waals surface area contributed by atoms with Gasteiger partial charge < -0.3 is 15.3 Å². The number of aliphatic carboxylic acids is 1. The number of carboxylic acids is 1. The molecule has 0 amide bonds. The first kappa shape index (κ1) is 17.8. The zero-order valence-electron chi connectivity index (χ0n) is 15.1. The largest absolute Gasteiger partial charge is 0.481 e. The van der Waals surface area contributed by atoms with Crippen LogP contribution < -0.4 is 10.2 Å². The van der Waals surface area contributed by atoms with E-state index < -0.39 is 11.9 Å². The highest BCUT2D eigenvalue weighted by molar-refractivity contribution is 7.14. The lowest BCUT2D eigenvalue weighted by atomic mass is 9.97. The molecule has 1 saturated heterocycles. The Hall–Kier alpha value is -2.60. The molecule has 1 aromatic carbocycles. The predicted octanol–water partition coefficient (Wildman–Crippen LogP) is 4.41. The summed E-state index contributed by atoms with van der Waals surface area (Å²) in [4.78, 5) is 18.1. The van der Waals surface area contributed by atoms with E-state index in [2.05, 4.69) is 44.8 Å². The van der Waals surface area contributed by atoms with Crippen molar-refractivity contribution >= 4 is 28.1 Å². The van der Waals surface area contributed by atoms with E-state index in [1.807, 2.05) is 12.2 Å². The van der Waals surface area contributed by atoms with Gasteiger partial charge in [0.25, 0.3) is 0 Å². The number of anilines is 2. The number of rotatable bonds is 6. The van der Waals surface area contributed by atoms with Crippen molar-refractivity contribution in [1.82, 2.24) is 4.98 Å². The van der Waals surface area contributed by atoms with Gasteiger partial charge in [-0.05, 0) is 37.0 Å². The van der Waals surface area contributed by atoms with Crippen LogP contribution in [0, 0.1) is 5.92 Å². The predicted molar refractivity (Wildman–Crippen MR) is 110 cm³/mol. The number of aromatic nitrogens is 1. The Kier molecular flexibility index (Phi) is 5.25. The molecule has 1 aliphatic heterocycles. The lowest BCUT2D eigenvalue weighted by Crippen LogP contribution is -2.17. The Balaban J connectivity index is 1.35. The van der Waals surface area contributed by atoms with E-state index in [1.165, 1.54) is 18.5 Å². The molecule has 2 aliphatic rings. The molecule has 2 heterocycles. The average Bonchev–Trinajstić information content (AvgIpc) is 3.39. The van der Waals surface area contributed by atoms with Crippen molar-refractivity contribution < 1.29 is 9.90 Å². The Morgan fingerprint density at radius 1 is 1.26 bits per heavy atom. The van der Waals surface area contributed by atoms with Crippen LogP contribution in [-0.4, -0.2) is 35.7 Å². The Morgan fingerprint density at radius 2 is 2.04 bits per heavy atom. The highest BCUT2D eigenvalue weighted by Crippen LogP contribution is 2.28. The average molecular weight is 382 g/mol. The smallest absolute Gasteiger partial charge is 0.310 e. The number of benzene rings is 1. The summed E-state index contributed by atoms with van der Waals surface area (Å²) in [6, 6.07) is 8.66. The van der Waals surface area contributed by atoms with E-state index in [0.29, 0.717) is 13.0 Å². The number of thiazole rings is 1. The zero-order valence-corrected chi connectivity index (χ0v) is 15.9. The quantitative estimate of drug-likeness (QED) is 0.776. The van der Waals surface area contributed by atoms with Gasteiger partial charge in [-0.15, -0.1) is 11.3 Å². The third-order valence-electron chi connectivity index (χ3n) is 5.08. The first-order chi connectivity index (χ1) is 13.2. The van der Waals surface area contributed by atoms with Gasteiger partial charge in [0.15, 0.2) is 5.13 Å². The second-order valence-electron chi connectivity index (χ2n) is 6.95. The number of hydrogen-bond donors (Lipinski definition) is 2. The molecule has 140 valence electrons. The van der Waals surface area contributed by atoms with Gasteiger partial charge in [-0.1, -0.05) is 30.4 Å². The fourth-order valence-corrected chi connectivity index (χ4v) is 4.18. The van der Waals surface area contributed by atoms with E-state index in [9.17, 15) is 4.79 Å². The van der Waals surface area contributed by atoms with Crippen molar-refractivity contribution in [3.05, 3.63) is 53.4 Å². The van der Waals surface area contributed by atoms with E-state index in [1.54, 1.807) is 17.4 Å². The molecular weight excluding hydrogens is 358 g/mol. The van der Waals surface area contributed by atoms with E-state index in [4.69, 9.17) is 5.11 Å². The summed E-state index contributed by atoms with van der Waals surface area (Å²) >= 11 is 1.59. The van der Waals surface area contributed by atoms with Crippen LogP contribution in [0.5, 0.6) is 0 Å². The van der Waals surface area contributed by atoms with Crippen LogP contribution in [0.2, 0.25) is 0 Å². The number of hydrogen-bond acceptors (Lipinski definition) is 5. The van der Waals surface area contributed by atoms with Crippen molar-refractivity contribution in [2.75, 3.05) is 29.9 Å².